The van der Waals surface area contributed by atoms with Gasteiger partial charge in [-0.3, -0.25) is 0 Å². The molecule has 5 saturated carbocycles. The summed E-state index contributed by atoms with van der Waals surface area (Å²) in [6.07, 6.45) is 9.37. The van der Waals surface area contributed by atoms with Gasteiger partial charge in [0.1, 0.15) is 0 Å². The van der Waals surface area contributed by atoms with Crippen LogP contribution < -0.4 is 0 Å². The van der Waals surface area contributed by atoms with Crippen molar-refractivity contribution in [3.63, 3.8) is 0 Å². The molecule has 114 valence electrons. The van der Waals surface area contributed by atoms with E-state index in [0.717, 1.165) is 59.2 Å². The maximum atomic E-state index is 2.64. The maximum Gasteiger partial charge on any atom is -0.0326 e. The smallest absolute Gasteiger partial charge is 0.0326 e. The lowest BCUT2D eigenvalue weighted by molar-refractivity contribution is -0.0963. The summed E-state index contributed by atoms with van der Waals surface area (Å²) in [4.78, 5) is 0. The summed E-state index contributed by atoms with van der Waals surface area (Å²) >= 11 is 0. The Bertz CT molecular complexity index is 366. The third kappa shape index (κ3) is 1.92. The molecule has 0 nitrogen and oxygen atoms in total. The van der Waals surface area contributed by atoms with Gasteiger partial charge in [-0.1, -0.05) is 34.1 Å². The van der Waals surface area contributed by atoms with Crippen LogP contribution in [0, 0.1) is 59.2 Å². The monoisotopic (exact) mass is 274 g/mol. The van der Waals surface area contributed by atoms with Crippen molar-refractivity contribution in [2.45, 2.75) is 66.2 Å². The molecule has 0 N–H and O–H groups in total. The predicted molar refractivity (Wildman–Crippen MR) is 85.3 cm³/mol. The van der Waals surface area contributed by atoms with E-state index in [4.69, 9.17) is 0 Å². The normalized spacial score (nSPS) is 61.8. The third-order valence-electron chi connectivity index (χ3n) is 8.58. The molecule has 0 heteroatoms. The molecule has 5 aliphatic carbocycles. The maximum absolute atomic E-state index is 2.64. The highest BCUT2D eigenvalue weighted by Gasteiger charge is 2.54. The highest BCUT2D eigenvalue weighted by atomic mass is 14.6. The molecular formula is C20H34. The van der Waals surface area contributed by atoms with Crippen LogP contribution in [0.2, 0.25) is 0 Å². The first-order chi connectivity index (χ1) is 9.58. The predicted octanol–water partition coefficient (Wildman–Crippen LogP) is 5.62. The second-order valence-corrected chi connectivity index (χ2v) is 9.28. The van der Waals surface area contributed by atoms with Crippen LogP contribution in [-0.2, 0) is 0 Å². The van der Waals surface area contributed by atoms with Gasteiger partial charge in [0.15, 0.2) is 0 Å². The molecule has 0 radical (unpaired) electrons. The zero-order chi connectivity index (χ0) is 14.0. The van der Waals surface area contributed by atoms with E-state index in [-0.39, 0.29) is 0 Å². The fraction of sp³-hybridized carbons (Fsp3) is 1.00. The summed E-state index contributed by atoms with van der Waals surface area (Å²) in [6, 6.07) is 0. The zero-order valence-corrected chi connectivity index (χ0v) is 14.0. The van der Waals surface area contributed by atoms with Crippen LogP contribution in [0.4, 0.5) is 0 Å². The first-order valence-electron chi connectivity index (χ1n) is 9.58. The van der Waals surface area contributed by atoms with E-state index in [2.05, 4.69) is 27.7 Å². The van der Waals surface area contributed by atoms with Gasteiger partial charge in [-0.05, 0) is 91.3 Å². The molecule has 0 aromatic carbocycles. The lowest BCUT2D eigenvalue weighted by Gasteiger charge is -2.59. The van der Waals surface area contributed by atoms with Gasteiger partial charge in [-0.2, -0.15) is 0 Å². The Morgan fingerprint density at radius 1 is 0.600 bits per heavy atom. The lowest BCUT2D eigenvalue weighted by Crippen LogP contribution is -2.51. The molecule has 5 rings (SSSR count). The summed E-state index contributed by atoms with van der Waals surface area (Å²) in [7, 11) is 0. The molecule has 8 atom stereocenters. The Morgan fingerprint density at radius 2 is 1.25 bits per heavy atom. The summed E-state index contributed by atoms with van der Waals surface area (Å²) < 4.78 is 0. The van der Waals surface area contributed by atoms with E-state index in [9.17, 15) is 0 Å². The molecular weight excluding hydrogens is 240 g/mol. The molecule has 0 aromatic heterocycles. The molecule has 0 aliphatic heterocycles. The van der Waals surface area contributed by atoms with Crippen LogP contribution in [0.1, 0.15) is 66.2 Å². The van der Waals surface area contributed by atoms with Crippen LogP contribution in [0.25, 0.3) is 0 Å². The van der Waals surface area contributed by atoms with Crippen molar-refractivity contribution >= 4 is 0 Å². The van der Waals surface area contributed by atoms with Crippen LogP contribution in [0.15, 0.2) is 0 Å². The van der Waals surface area contributed by atoms with Gasteiger partial charge in [0.25, 0.3) is 0 Å². The third-order valence-corrected chi connectivity index (χ3v) is 8.58. The first-order valence-corrected chi connectivity index (χ1v) is 9.58. The largest absolute Gasteiger partial charge is 0.0622 e. The van der Waals surface area contributed by atoms with Crippen LogP contribution in [0.5, 0.6) is 0 Å². The van der Waals surface area contributed by atoms with E-state index in [1.54, 1.807) is 32.1 Å². The van der Waals surface area contributed by atoms with Gasteiger partial charge in [-0.15, -0.1) is 0 Å². The molecule has 0 aromatic rings. The molecule has 5 fully saturated rings. The van der Waals surface area contributed by atoms with E-state index in [1.807, 2.05) is 0 Å². The van der Waals surface area contributed by atoms with Gasteiger partial charge in [0, 0.05) is 0 Å². The molecule has 2 bridgehead atoms. The quantitative estimate of drug-likeness (QED) is 0.613. The van der Waals surface area contributed by atoms with Gasteiger partial charge < -0.3 is 0 Å². The minimum atomic E-state index is 1.01. The van der Waals surface area contributed by atoms with Crippen molar-refractivity contribution in [3.05, 3.63) is 0 Å². The summed E-state index contributed by atoms with van der Waals surface area (Å²) in [5, 5.41) is 0. The number of hydrogen-bond acceptors (Lipinski definition) is 0. The molecule has 0 amide bonds. The van der Waals surface area contributed by atoms with Crippen molar-refractivity contribution in [1.29, 1.82) is 0 Å². The highest BCUT2D eigenvalue weighted by molar-refractivity contribution is 5.03. The minimum absolute atomic E-state index is 1.01. The van der Waals surface area contributed by atoms with Gasteiger partial charge in [0.2, 0.25) is 0 Å². The van der Waals surface area contributed by atoms with Gasteiger partial charge in [0.05, 0.1) is 0 Å². The minimum Gasteiger partial charge on any atom is -0.0622 e. The first kappa shape index (κ1) is 13.6. The van der Waals surface area contributed by atoms with Crippen molar-refractivity contribution in [2.75, 3.05) is 0 Å². The SMILES string of the molecule is CC1CC1C1CCCC(C2C3CC(C3)C(C)C2C)C1C. The zero-order valence-electron chi connectivity index (χ0n) is 14.0. The van der Waals surface area contributed by atoms with Crippen LogP contribution >= 0.6 is 0 Å². The van der Waals surface area contributed by atoms with Crippen molar-refractivity contribution in [2.24, 2.45) is 59.2 Å². The molecule has 20 heavy (non-hydrogen) atoms. The van der Waals surface area contributed by atoms with Gasteiger partial charge in [-0.25, -0.2) is 0 Å². The van der Waals surface area contributed by atoms with Crippen molar-refractivity contribution in [3.8, 4) is 0 Å². The van der Waals surface area contributed by atoms with E-state index in [1.165, 1.54) is 6.42 Å². The van der Waals surface area contributed by atoms with E-state index < -0.39 is 0 Å². The van der Waals surface area contributed by atoms with E-state index >= 15 is 0 Å². The Hall–Kier alpha value is 0. The van der Waals surface area contributed by atoms with Gasteiger partial charge >= 0.3 is 0 Å². The fourth-order valence-electron chi connectivity index (χ4n) is 6.93. The average molecular weight is 274 g/mol. The second-order valence-electron chi connectivity index (χ2n) is 9.28. The summed E-state index contributed by atoms with van der Waals surface area (Å²) in [5.41, 5.74) is 0. The van der Waals surface area contributed by atoms with Crippen molar-refractivity contribution in [1.82, 2.24) is 0 Å². The number of fused-ring (bicyclic) bond motifs is 2. The number of hydrogen-bond donors (Lipinski definition) is 0. The van der Waals surface area contributed by atoms with Crippen LogP contribution in [-0.4, -0.2) is 0 Å². The lowest BCUT2D eigenvalue weighted by atomic mass is 9.47. The molecule has 0 saturated heterocycles. The Balaban J connectivity index is 1.52. The Labute approximate surface area is 126 Å². The average Bonchev–Trinajstić information content (AvgIpc) is 3.08. The standard InChI is InChI=1S/C20H34/c1-11-8-19(11)17-6-5-7-18(14(17)4)20-13(3)12(2)15-9-16(20)10-15/h11-20H,5-10H2,1-4H3. The highest BCUT2D eigenvalue weighted by Crippen LogP contribution is 2.61. The topological polar surface area (TPSA) is 0 Å². The van der Waals surface area contributed by atoms with E-state index in [0.29, 0.717) is 0 Å². The number of rotatable bonds is 2. The Kier molecular flexibility index (Phi) is 3.24. The molecule has 0 heterocycles. The van der Waals surface area contributed by atoms with Crippen molar-refractivity contribution < 1.29 is 0 Å². The molecule has 5 aliphatic rings. The Morgan fingerprint density at radius 3 is 1.90 bits per heavy atom. The summed E-state index contributed by atoms with van der Waals surface area (Å²) in [5.74, 6) is 10.7. The molecule has 8 unspecified atom stereocenters. The fourth-order valence-corrected chi connectivity index (χ4v) is 6.93. The second kappa shape index (κ2) is 4.75. The van der Waals surface area contributed by atoms with Crippen LogP contribution in [0.3, 0.4) is 0 Å². The summed E-state index contributed by atoms with van der Waals surface area (Å²) in [6.45, 7) is 10.3. The molecule has 0 spiro atoms.